The molecule has 0 amide bonds. The van der Waals surface area contributed by atoms with Crippen LogP contribution in [0.3, 0.4) is 0 Å². The lowest BCUT2D eigenvalue weighted by atomic mass is 10.3. The predicted molar refractivity (Wildman–Crippen MR) is 68.2 cm³/mol. The van der Waals surface area contributed by atoms with Gasteiger partial charge in [-0.1, -0.05) is 23.2 Å². The van der Waals surface area contributed by atoms with E-state index in [4.69, 9.17) is 34.0 Å². The van der Waals surface area contributed by atoms with Crippen LogP contribution in [0.4, 0.5) is 0 Å². The summed E-state index contributed by atoms with van der Waals surface area (Å²) < 4.78 is 23.8. The molecule has 1 rings (SSSR count). The fourth-order valence-corrected chi connectivity index (χ4v) is 3.16. The quantitative estimate of drug-likeness (QED) is 0.862. The van der Waals surface area contributed by atoms with Crippen molar-refractivity contribution in [3.05, 3.63) is 28.2 Å². The maximum Gasteiger partial charge on any atom is 0.179 e. The Morgan fingerprint density at radius 2 is 1.94 bits per heavy atom. The lowest BCUT2D eigenvalue weighted by molar-refractivity contribution is 0.279. The Bertz CT molecular complexity index is 490. The SMILES string of the molecule is NC(CCO)CS(=O)(=O)c1ccc(Cl)c(Cl)c1. The second-order valence-corrected chi connectivity index (χ2v) is 6.48. The minimum atomic E-state index is -3.50. The minimum Gasteiger partial charge on any atom is -0.396 e. The summed E-state index contributed by atoms with van der Waals surface area (Å²) in [7, 11) is -3.50. The van der Waals surface area contributed by atoms with Crippen LogP contribution < -0.4 is 5.73 Å². The number of aliphatic hydroxyl groups is 1. The normalized spacial score (nSPS) is 13.6. The minimum absolute atomic E-state index is 0.0836. The smallest absolute Gasteiger partial charge is 0.179 e. The van der Waals surface area contributed by atoms with Gasteiger partial charge in [0.15, 0.2) is 9.84 Å². The molecule has 0 saturated heterocycles. The lowest BCUT2D eigenvalue weighted by Crippen LogP contribution is -2.30. The van der Waals surface area contributed by atoms with Crippen LogP contribution in [0.5, 0.6) is 0 Å². The molecule has 1 unspecified atom stereocenters. The van der Waals surface area contributed by atoms with Crippen LogP contribution in [0.2, 0.25) is 10.0 Å². The van der Waals surface area contributed by atoms with Crippen molar-refractivity contribution in [2.75, 3.05) is 12.4 Å². The molecule has 0 spiro atoms. The molecule has 7 heteroatoms. The highest BCUT2D eigenvalue weighted by Gasteiger charge is 2.19. The first-order valence-corrected chi connectivity index (χ1v) is 7.32. The van der Waals surface area contributed by atoms with Crippen LogP contribution >= 0.6 is 23.2 Å². The summed E-state index contributed by atoms with van der Waals surface area (Å²) in [6.07, 6.45) is 0.237. The Morgan fingerprint density at radius 1 is 1.29 bits per heavy atom. The highest BCUT2D eigenvalue weighted by Crippen LogP contribution is 2.25. The zero-order valence-corrected chi connectivity index (χ0v) is 11.3. The van der Waals surface area contributed by atoms with Crippen LogP contribution in [0.15, 0.2) is 23.1 Å². The molecule has 0 aromatic heterocycles. The van der Waals surface area contributed by atoms with E-state index in [9.17, 15) is 8.42 Å². The summed E-state index contributed by atoms with van der Waals surface area (Å²) in [6.45, 7) is -0.141. The predicted octanol–water partition coefficient (Wildman–Crippen LogP) is 1.48. The zero-order valence-electron chi connectivity index (χ0n) is 8.94. The fraction of sp³-hybridized carbons (Fsp3) is 0.400. The topological polar surface area (TPSA) is 80.4 Å². The van der Waals surface area contributed by atoms with Crippen LogP contribution in [-0.2, 0) is 9.84 Å². The number of rotatable bonds is 5. The zero-order chi connectivity index (χ0) is 13.1. The molecule has 0 saturated carbocycles. The Balaban J connectivity index is 2.93. The summed E-state index contributed by atoms with van der Waals surface area (Å²) in [5.74, 6) is -0.231. The molecule has 4 nitrogen and oxygen atoms in total. The first kappa shape index (κ1) is 14.7. The van der Waals surface area contributed by atoms with Crippen molar-refractivity contribution in [2.45, 2.75) is 17.4 Å². The number of halogens is 2. The molecular weight excluding hydrogens is 285 g/mol. The molecule has 3 N–H and O–H groups in total. The Hall–Kier alpha value is -0.330. The van der Waals surface area contributed by atoms with Crippen molar-refractivity contribution < 1.29 is 13.5 Å². The van der Waals surface area contributed by atoms with Crippen LogP contribution in [0.1, 0.15) is 6.42 Å². The van der Waals surface area contributed by atoms with E-state index in [0.717, 1.165) is 0 Å². The number of benzene rings is 1. The molecule has 17 heavy (non-hydrogen) atoms. The number of nitrogens with two attached hydrogens (primary N) is 1. The van der Waals surface area contributed by atoms with Crippen LogP contribution in [-0.4, -0.2) is 31.9 Å². The molecule has 1 atom stereocenters. The maximum atomic E-state index is 11.9. The third-order valence-electron chi connectivity index (χ3n) is 2.18. The molecule has 1 aromatic carbocycles. The molecule has 0 heterocycles. The van der Waals surface area contributed by atoms with Gasteiger partial charge in [0.1, 0.15) is 0 Å². The molecule has 0 radical (unpaired) electrons. The summed E-state index contributed by atoms with van der Waals surface area (Å²) in [4.78, 5) is 0.0836. The van der Waals surface area contributed by atoms with Gasteiger partial charge in [0.25, 0.3) is 0 Å². The Morgan fingerprint density at radius 3 is 2.47 bits per heavy atom. The third-order valence-corrected chi connectivity index (χ3v) is 4.76. The average molecular weight is 298 g/mol. The molecule has 96 valence electrons. The summed E-state index contributed by atoms with van der Waals surface area (Å²) in [5, 5.41) is 9.15. The van der Waals surface area contributed by atoms with E-state index < -0.39 is 15.9 Å². The standard InChI is InChI=1S/C10H13Cl2NO3S/c11-9-2-1-8(5-10(9)12)17(15,16)6-7(13)3-4-14/h1-2,5,7,14H,3-4,6,13H2. The molecule has 0 aliphatic heterocycles. The van der Waals surface area contributed by atoms with Crippen LogP contribution in [0, 0.1) is 0 Å². The van der Waals surface area contributed by atoms with E-state index >= 15 is 0 Å². The van der Waals surface area contributed by atoms with E-state index in [0.29, 0.717) is 5.02 Å². The lowest BCUT2D eigenvalue weighted by Gasteiger charge is -2.11. The number of aliphatic hydroxyl groups excluding tert-OH is 1. The monoisotopic (exact) mass is 297 g/mol. The van der Waals surface area contributed by atoms with Gasteiger partial charge in [-0.2, -0.15) is 0 Å². The van der Waals surface area contributed by atoms with Crippen molar-refractivity contribution in [3.8, 4) is 0 Å². The molecule has 0 fully saturated rings. The van der Waals surface area contributed by atoms with E-state index in [1.807, 2.05) is 0 Å². The first-order chi connectivity index (χ1) is 7.86. The van der Waals surface area contributed by atoms with Gasteiger partial charge in [-0.05, 0) is 24.6 Å². The van der Waals surface area contributed by atoms with Gasteiger partial charge in [0.05, 0.1) is 20.7 Å². The molecule has 1 aromatic rings. The summed E-state index contributed by atoms with van der Waals surface area (Å²) >= 11 is 11.5. The fourth-order valence-electron chi connectivity index (χ4n) is 1.30. The molecule has 0 aliphatic rings. The van der Waals surface area contributed by atoms with Crippen molar-refractivity contribution >= 4 is 33.0 Å². The molecule has 0 aliphatic carbocycles. The second kappa shape index (κ2) is 6.02. The van der Waals surface area contributed by atoms with Crippen molar-refractivity contribution in [3.63, 3.8) is 0 Å². The summed E-state index contributed by atoms with van der Waals surface area (Å²) in [6, 6.07) is 3.51. The Labute approximate surface area is 110 Å². The van der Waals surface area contributed by atoms with E-state index in [1.165, 1.54) is 18.2 Å². The third kappa shape index (κ3) is 4.12. The van der Waals surface area contributed by atoms with Crippen LogP contribution in [0.25, 0.3) is 0 Å². The Kier molecular flexibility index (Phi) is 5.22. The van der Waals surface area contributed by atoms with E-state index in [2.05, 4.69) is 0 Å². The second-order valence-electron chi connectivity index (χ2n) is 3.63. The highest BCUT2D eigenvalue weighted by atomic mass is 35.5. The van der Waals surface area contributed by atoms with Gasteiger partial charge >= 0.3 is 0 Å². The van der Waals surface area contributed by atoms with Crippen molar-refractivity contribution in [2.24, 2.45) is 5.73 Å². The largest absolute Gasteiger partial charge is 0.396 e. The van der Waals surface area contributed by atoms with Crippen molar-refractivity contribution in [1.82, 2.24) is 0 Å². The number of hydrogen-bond donors (Lipinski definition) is 2. The van der Waals surface area contributed by atoms with Gasteiger partial charge in [-0.15, -0.1) is 0 Å². The van der Waals surface area contributed by atoms with Gasteiger partial charge in [0.2, 0.25) is 0 Å². The highest BCUT2D eigenvalue weighted by molar-refractivity contribution is 7.91. The number of hydrogen-bond acceptors (Lipinski definition) is 4. The van der Waals surface area contributed by atoms with Crippen molar-refractivity contribution in [1.29, 1.82) is 0 Å². The first-order valence-electron chi connectivity index (χ1n) is 4.91. The molecular formula is C10H13Cl2NO3S. The van der Waals surface area contributed by atoms with Gasteiger partial charge in [0, 0.05) is 12.6 Å². The summed E-state index contributed by atoms with van der Waals surface area (Å²) in [5.41, 5.74) is 5.58. The van der Waals surface area contributed by atoms with Gasteiger partial charge in [-0.25, -0.2) is 8.42 Å². The van der Waals surface area contributed by atoms with Gasteiger partial charge < -0.3 is 10.8 Å². The van der Waals surface area contributed by atoms with Gasteiger partial charge in [-0.3, -0.25) is 0 Å². The van der Waals surface area contributed by atoms with E-state index in [1.54, 1.807) is 0 Å². The number of sulfone groups is 1. The maximum absolute atomic E-state index is 11.9. The average Bonchev–Trinajstić information content (AvgIpc) is 2.21. The molecule has 0 bridgehead atoms. The van der Waals surface area contributed by atoms with E-state index in [-0.39, 0.29) is 28.7 Å².